The van der Waals surface area contributed by atoms with Gasteiger partial charge in [0.15, 0.2) is 5.78 Å². The maximum Gasteiger partial charge on any atom is 0.315 e. The highest BCUT2D eigenvalue weighted by molar-refractivity contribution is 6.38. The van der Waals surface area contributed by atoms with Crippen LogP contribution in [-0.4, -0.2) is 49.3 Å². The van der Waals surface area contributed by atoms with Gasteiger partial charge in [-0.1, -0.05) is 24.3 Å². The van der Waals surface area contributed by atoms with Gasteiger partial charge in [-0.15, -0.1) is 0 Å². The summed E-state index contributed by atoms with van der Waals surface area (Å²) in [6.07, 6.45) is 0. The molecule has 2 aliphatic rings. The Labute approximate surface area is 137 Å². The van der Waals surface area contributed by atoms with Crippen molar-refractivity contribution in [2.45, 2.75) is 0 Å². The lowest BCUT2D eigenvalue weighted by Gasteiger charge is -2.17. The van der Waals surface area contributed by atoms with Crippen LogP contribution in [-0.2, 0) is 19.1 Å². The molecular weight excluding hydrogens is 314 g/mol. The number of esters is 2. The maximum atomic E-state index is 12.6. The summed E-state index contributed by atoms with van der Waals surface area (Å²) in [4.78, 5) is 40.9. The number of carbonyl (C=O) groups is 3. The molecule has 1 aromatic carbocycles. The molecule has 0 spiro atoms. The number of fused-ring (bicyclic) bond motifs is 1. The molecule has 0 aromatic heterocycles. The van der Waals surface area contributed by atoms with Crippen molar-refractivity contribution in [1.82, 2.24) is 0 Å². The average Bonchev–Trinajstić information content (AvgIpc) is 3.14. The highest BCUT2D eigenvalue weighted by Crippen LogP contribution is 2.37. The largest absolute Gasteiger partial charge is 0.506 e. The van der Waals surface area contributed by atoms with Crippen LogP contribution in [0.3, 0.4) is 0 Å². The van der Waals surface area contributed by atoms with Gasteiger partial charge in [0.1, 0.15) is 11.7 Å². The van der Waals surface area contributed by atoms with Gasteiger partial charge in [0.2, 0.25) is 0 Å². The molecule has 3 rings (SSSR count). The minimum atomic E-state index is -1.09. The van der Waals surface area contributed by atoms with Gasteiger partial charge in [-0.05, 0) is 0 Å². The molecule has 0 unspecified atom stereocenters. The molecule has 1 heterocycles. The number of methoxy groups -OCH3 is 2. The molecule has 0 radical (unpaired) electrons. The van der Waals surface area contributed by atoms with Gasteiger partial charge in [-0.3, -0.25) is 19.4 Å². The van der Waals surface area contributed by atoms with Crippen LogP contribution in [0.25, 0.3) is 5.76 Å². The van der Waals surface area contributed by atoms with Gasteiger partial charge in [0, 0.05) is 11.1 Å². The zero-order valence-corrected chi connectivity index (χ0v) is 13.1. The summed E-state index contributed by atoms with van der Waals surface area (Å²) in [5.74, 6) is -3.96. The third-order valence-corrected chi connectivity index (χ3v) is 4.26. The van der Waals surface area contributed by atoms with E-state index in [-0.39, 0.29) is 23.6 Å². The first kappa shape index (κ1) is 15.9. The van der Waals surface area contributed by atoms with Crippen LogP contribution in [0.4, 0.5) is 0 Å². The fourth-order valence-corrected chi connectivity index (χ4v) is 3.09. The molecule has 0 bridgehead atoms. The van der Waals surface area contributed by atoms with Crippen molar-refractivity contribution in [2.24, 2.45) is 16.8 Å². The average molecular weight is 329 g/mol. The molecule has 7 heteroatoms. The van der Waals surface area contributed by atoms with E-state index in [0.717, 1.165) is 0 Å². The van der Waals surface area contributed by atoms with Crippen LogP contribution in [0.5, 0.6) is 0 Å². The van der Waals surface area contributed by atoms with E-state index < -0.39 is 29.6 Å². The molecule has 1 aromatic rings. The first-order chi connectivity index (χ1) is 11.5. The van der Waals surface area contributed by atoms with E-state index in [1.165, 1.54) is 14.2 Å². The van der Waals surface area contributed by atoms with Gasteiger partial charge >= 0.3 is 11.9 Å². The topological polar surface area (TPSA) is 102 Å². The van der Waals surface area contributed by atoms with Crippen molar-refractivity contribution in [3.63, 3.8) is 0 Å². The van der Waals surface area contributed by atoms with Crippen molar-refractivity contribution < 1.29 is 29.0 Å². The lowest BCUT2D eigenvalue weighted by molar-refractivity contribution is -0.153. The van der Waals surface area contributed by atoms with Gasteiger partial charge in [0.05, 0.1) is 38.0 Å². The zero-order valence-electron chi connectivity index (χ0n) is 13.1. The Kier molecular flexibility index (Phi) is 3.92. The predicted octanol–water partition coefficient (Wildman–Crippen LogP) is 1.19. The van der Waals surface area contributed by atoms with Gasteiger partial charge in [0.25, 0.3) is 0 Å². The summed E-state index contributed by atoms with van der Waals surface area (Å²) >= 11 is 0. The fourth-order valence-electron chi connectivity index (χ4n) is 3.09. The first-order valence-electron chi connectivity index (χ1n) is 7.29. The van der Waals surface area contributed by atoms with E-state index in [9.17, 15) is 19.5 Å². The molecule has 0 fully saturated rings. The Bertz CT molecular complexity index is 807. The molecule has 24 heavy (non-hydrogen) atoms. The highest BCUT2D eigenvalue weighted by Gasteiger charge is 2.47. The van der Waals surface area contributed by atoms with Gasteiger partial charge < -0.3 is 14.6 Å². The second-order valence-electron chi connectivity index (χ2n) is 5.45. The second-order valence-corrected chi connectivity index (χ2v) is 5.45. The summed E-state index contributed by atoms with van der Waals surface area (Å²) in [6, 6.07) is 6.56. The molecule has 2 atom stereocenters. The van der Waals surface area contributed by atoms with E-state index in [1.54, 1.807) is 24.3 Å². The number of hydrogen-bond donors (Lipinski definition) is 1. The molecule has 124 valence electrons. The quantitative estimate of drug-likeness (QED) is 0.836. The third kappa shape index (κ3) is 2.20. The number of carbonyl (C=O) groups excluding carboxylic acids is 3. The number of benzene rings is 1. The highest BCUT2D eigenvalue weighted by atomic mass is 16.5. The monoisotopic (exact) mass is 329 g/mol. The molecule has 0 saturated carbocycles. The van der Waals surface area contributed by atoms with Crippen molar-refractivity contribution in [2.75, 3.05) is 20.8 Å². The molecule has 1 aliphatic carbocycles. The van der Waals surface area contributed by atoms with Crippen LogP contribution in [0.15, 0.2) is 34.8 Å². The maximum absolute atomic E-state index is 12.6. The number of ketones is 1. The Balaban J connectivity index is 2.06. The molecule has 0 amide bonds. The lowest BCUT2D eigenvalue weighted by Crippen LogP contribution is -2.35. The Morgan fingerprint density at radius 3 is 2.33 bits per heavy atom. The third-order valence-electron chi connectivity index (χ3n) is 4.26. The van der Waals surface area contributed by atoms with E-state index in [0.29, 0.717) is 11.1 Å². The standard InChI is InChI=1S/C17H15NO6/c1-23-16(21)10-7-18-13(11(10)17(22)24-2)12-14(19)8-5-3-4-6-9(8)15(12)20/h3-6,10-11,19H,7H2,1-2H3/t10-,11-/m1/s1. The number of Topliss-reactive ketones (excluding diaryl/α,β-unsaturated/α-hetero) is 1. The molecule has 1 N–H and O–H groups in total. The number of allylic oxidation sites excluding steroid dienone is 1. The second kappa shape index (κ2) is 5.92. The van der Waals surface area contributed by atoms with Crippen LogP contribution in [0.2, 0.25) is 0 Å². The lowest BCUT2D eigenvalue weighted by atomic mass is 9.86. The summed E-state index contributed by atoms with van der Waals surface area (Å²) in [5, 5.41) is 10.4. The molecule has 1 aliphatic heterocycles. The Hall–Kier alpha value is -2.96. The number of aliphatic hydroxyl groups excluding tert-OH is 1. The van der Waals surface area contributed by atoms with E-state index in [4.69, 9.17) is 9.47 Å². The number of aliphatic imine (C=N–C) groups is 1. The predicted molar refractivity (Wildman–Crippen MR) is 83.6 cm³/mol. The minimum Gasteiger partial charge on any atom is -0.506 e. The van der Waals surface area contributed by atoms with Gasteiger partial charge in [-0.2, -0.15) is 0 Å². The summed E-state index contributed by atoms with van der Waals surface area (Å²) in [5.41, 5.74) is 0.720. The Morgan fingerprint density at radius 2 is 1.75 bits per heavy atom. The van der Waals surface area contributed by atoms with Crippen LogP contribution >= 0.6 is 0 Å². The number of ether oxygens (including phenoxy) is 2. The van der Waals surface area contributed by atoms with Crippen molar-refractivity contribution in [3.8, 4) is 0 Å². The molecule has 7 nitrogen and oxygen atoms in total. The number of nitrogens with zero attached hydrogens (tertiary/aromatic N) is 1. The SMILES string of the molecule is COC(=O)[C@H]1C(C2=C(O)c3ccccc3C2=O)=NC[C@H]1C(=O)OC. The van der Waals surface area contributed by atoms with Crippen molar-refractivity contribution in [3.05, 3.63) is 41.0 Å². The summed E-state index contributed by atoms with van der Waals surface area (Å²) < 4.78 is 9.46. The number of aliphatic hydroxyl groups is 1. The van der Waals surface area contributed by atoms with E-state index >= 15 is 0 Å². The fraction of sp³-hybridized carbons (Fsp3) is 0.294. The zero-order chi connectivity index (χ0) is 17.4. The number of rotatable bonds is 3. The van der Waals surface area contributed by atoms with E-state index in [1.807, 2.05) is 0 Å². The molecular formula is C17H15NO6. The van der Waals surface area contributed by atoms with Crippen LogP contribution in [0.1, 0.15) is 15.9 Å². The normalized spacial score (nSPS) is 22.2. The first-order valence-corrected chi connectivity index (χ1v) is 7.29. The van der Waals surface area contributed by atoms with Crippen LogP contribution in [0, 0.1) is 11.8 Å². The van der Waals surface area contributed by atoms with Gasteiger partial charge in [-0.25, -0.2) is 0 Å². The summed E-state index contributed by atoms with van der Waals surface area (Å²) in [7, 11) is 2.40. The minimum absolute atomic E-state index is 0.0117. The van der Waals surface area contributed by atoms with Crippen LogP contribution < -0.4 is 0 Å². The van der Waals surface area contributed by atoms with Crippen molar-refractivity contribution in [1.29, 1.82) is 0 Å². The number of hydrogen-bond acceptors (Lipinski definition) is 7. The van der Waals surface area contributed by atoms with E-state index in [2.05, 4.69) is 4.99 Å². The smallest absolute Gasteiger partial charge is 0.315 e. The molecule has 0 saturated heterocycles. The summed E-state index contributed by atoms with van der Waals surface area (Å²) in [6.45, 7) is -0.0117. The Morgan fingerprint density at radius 1 is 1.12 bits per heavy atom. The van der Waals surface area contributed by atoms with Crippen molar-refractivity contribution >= 4 is 29.2 Å².